The van der Waals surface area contributed by atoms with E-state index in [-0.39, 0.29) is 11.8 Å². The van der Waals surface area contributed by atoms with Gasteiger partial charge in [-0.25, -0.2) is 22.0 Å². The Labute approximate surface area is 132 Å². The summed E-state index contributed by atoms with van der Waals surface area (Å²) in [5.41, 5.74) is -1.02. The summed E-state index contributed by atoms with van der Waals surface area (Å²) < 4.78 is 66.0. The number of hydrogen-bond acceptors (Lipinski definition) is 3. The molecule has 0 atom stereocenters. The lowest BCUT2D eigenvalue weighted by Crippen LogP contribution is -2.45. The van der Waals surface area contributed by atoms with Crippen molar-refractivity contribution in [1.82, 2.24) is 5.32 Å². The summed E-state index contributed by atoms with van der Waals surface area (Å²) in [5.74, 6) is -11.6. The third-order valence-corrected chi connectivity index (χ3v) is 4.62. The number of nitriles is 1. The van der Waals surface area contributed by atoms with Crippen molar-refractivity contribution in [1.29, 1.82) is 5.26 Å². The molecule has 1 aromatic carbocycles. The quantitative estimate of drug-likeness (QED) is 0.392. The van der Waals surface area contributed by atoms with E-state index in [1.165, 1.54) is 0 Å². The van der Waals surface area contributed by atoms with Gasteiger partial charge in [0.05, 0.1) is 16.7 Å². The van der Waals surface area contributed by atoms with Gasteiger partial charge in [-0.15, -0.1) is 11.8 Å². The smallest absolute Gasteiger partial charge is 0.231 e. The molecule has 0 aromatic heterocycles. The van der Waals surface area contributed by atoms with Crippen LogP contribution in [0.15, 0.2) is 4.90 Å². The molecule has 0 unspecified atom stereocenters. The maximum absolute atomic E-state index is 13.5. The van der Waals surface area contributed by atoms with Crippen molar-refractivity contribution in [2.75, 3.05) is 5.75 Å². The van der Waals surface area contributed by atoms with Gasteiger partial charge in [0.2, 0.25) is 11.7 Å². The molecule has 0 radical (unpaired) electrons. The fourth-order valence-electron chi connectivity index (χ4n) is 2.40. The van der Waals surface area contributed by atoms with Crippen LogP contribution in [0.3, 0.4) is 0 Å². The maximum atomic E-state index is 13.5. The number of carbonyl (C=O) groups excluding carboxylic acids is 1. The zero-order valence-electron chi connectivity index (χ0n) is 11.7. The molecule has 23 heavy (non-hydrogen) atoms. The minimum absolute atomic E-state index is 0.193. The van der Waals surface area contributed by atoms with Crippen LogP contribution in [-0.4, -0.2) is 17.2 Å². The van der Waals surface area contributed by atoms with Gasteiger partial charge in [-0.05, 0) is 25.7 Å². The Kier molecular flexibility index (Phi) is 5.14. The second-order valence-electron chi connectivity index (χ2n) is 5.14. The summed E-state index contributed by atoms with van der Waals surface area (Å²) in [6.45, 7) is 0. The largest absolute Gasteiger partial charge is 0.337 e. The minimum atomic E-state index is -2.25. The summed E-state index contributed by atoms with van der Waals surface area (Å²) >= 11 is 0.193. The molecule has 0 spiro atoms. The second kappa shape index (κ2) is 6.74. The van der Waals surface area contributed by atoms with E-state index in [1.54, 1.807) is 0 Å². The Morgan fingerprint density at radius 2 is 1.52 bits per heavy atom. The second-order valence-corrected chi connectivity index (χ2v) is 6.12. The standard InChI is InChI=1S/C14H11F5N2OS/c15-8-9(16)11(18)13(12(19)10(8)17)23-5-7(22)21-14(6-20)3-1-2-4-14/h1-5H2,(H,21,22). The van der Waals surface area contributed by atoms with Gasteiger partial charge in [-0.2, -0.15) is 5.26 Å². The highest BCUT2D eigenvalue weighted by atomic mass is 32.2. The molecule has 1 aliphatic carbocycles. The average molecular weight is 350 g/mol. The fraction of sp³-hybridized carbons (Fsp3) is 0.429. The molecule has 1 fully saturated rings. The lowest BCUT2D eigenvalue weighted by Gasteiger charge is -2.21. The third kappa shape index (κ3) is 3.42. The van der Waals surface area contributed by atoms with Crippen molar-refractivity contribution in [3.8, 4) is 6.07 Å². The van der Waals surface area contributed by atoms with E-state index >= 15 is 0 Å². The Morgan fingerprint density at radius 3 is 2.00 bits per heavy atom. The highest BCUT2D eigenvalue weighted by Crippen LogP contribution is 2.32. The zero-order chi connectivity index (χ0) is 17.2. The van der Waals surface area contributed by atoms with Gasteiger partial charge >= 0.3 is 0 Å². The van der Waals surface area contributed by atoms with E-state index in [0.717, 1.165) is 12.8 Å². The highest BCUT2D eigenvalue weighted by molar-refractivity contribution is 8.00. The van der Waals surface area contributed by atoms with E-state index in [9.17, 15) is 26.7 Å². The van der Waals surface area contributed by atoms with Crippen LogP contribution in [0.2, 0.25) is 0 Å². The average Bonchev–Trinajstić information content (AvgIpc) is 3.00. The Balaban J connectivity index is 2.10. The van der Waals surface area contributed by atoms with E-state index in [0.29, 0.717) is 12.8 Å². The first kappa shape index (κ1) is 17.5. The van der Waals surface area contributed by atoms with Crippen LogP contribution in [0, 0.1) is 40.4 Å². The number of nitrogens with one attached hydrogen (secondary N) is 1. The van der Waals surface area contributed by atoms with E-state index in [1.807, 2.05) is 6.07 Å². The van der Waals surface area contributed by atoms with E-state index in [4.69, 9.17) is 5.26 Å². The van der Waals surface area contributed by atoms with Gasteiger partial charge in [0.15, 0.2) is 23.3 Å². The van der Waals surface area contributed by atoms with Crippen molar-refractivity contribution < 1.29 is 26.7 Å². The molecular formula is C14H11F5N2OS. The molecule has 0 bridgehead atoms. The number of thioether (sulfide) groups is 1. The molecule has 9 heteroatoms. The molecule has 3 nitrogen and oxygen atoms in total. The number of amides is 1. The van der Waals surface area contributed by atoms with Crippen molar-refractivity contribution in [3.05, 3.63) is 29.1 Å². The normalized spacial score (nSPS) is 16.2. The molecule has 1 aliphatic rings. The number of hydrogen-bond donors (Lipinski definition) is 1. The molecule has 1 N–H and O–H groups in total. The summed E-state index contributed by atoms with van der Waals surface area (Å²) in [6, 6.07) is 2.00. The molecule has 1 amide bonds. The van der Waals surface area contributed by atoms with Crippen LogP contribution in [0.25, 0.3) is 0 Å². The molecule has 0 heterocycles. The maximum Gasteiger partial charge on any atom is 0.231 e. The number of nitrogens with zero attached hydrogens (tertiary/aromatic N) is 1. The highest BCUT2D eigenvalue weighted by Gasteiger charge is 2.35. The first-order valence-corrected chi connectivity index (χ1v) is 7.66. The van der Waals surface area contributed by atoms with Gasteiger partial charge in [0.25, 0.3) is 0 Å². The number of benzene rings is 1. The van der Waals surface area contributed by atoms with Crippen molar-refractivity contribution in [3.63, 3.8) is 0 Å². The lowest BCUT2D eigenvalue weighted by atomic mass is 10.0. The summed E-state index contributed by atoms with van der Waals surface area (Å²) in [6.07, 6.45) is 2.45. The third-order valence-electron chi connectivity index (χ3n) is 3.57. The van der Waals surface area contributed by atoms with Crippen molar-refractivity contribution in [2.24, 2.45) is 0 Å². The van der Waals surface area contributed by atoms with Crippen LogP contribution in [0.5, 0.6) is 0 Å². The first-order chi connectivity index (χ1) is 10.8. The molecular weight excluding hydrogens is 339 g/mol. The Morgan fingerprint density at radius 1 is 1.04 bits per heavy atom. The van der Waals surface area contributed by atoms with E-state index in [2.05, 4.69) is 5.32 Å². The van der Waals surface area contributed by atoms with Crippen LogP contribution in [-0.2, 0) is 4.79 Å². The Bertz CT molecular complexity index is 654. The van der Waals surface area contributed by atoms with Crippen molar-refractivity contribution >= 4 is 17.7 Å². The van der Waals surface area contributed by atoms with Gasteiger partial charge < -0.3 is 5.32 Å². The van der Waals surface area contributed by atoms with Gasteiger partial charge in [0, 0.05) is 0 Å². The predicted molar refractivity (Wildman–Crippen MR) is 71.9 cm³/mol. The number of rotatable bonds is 4. The first-order valence-electron chi connectivity index (χ1n) is 6.68. The van der Waals surface area contributed by atoms with Crippen LogP contribution >= 0.6 is 11.8 Å². The van der Waals surface area contributed by atoms with Gasteiger partial charge in [-0.1, -0.05) is 0 Å². The minimum Gasteiger partial charge on any atom is -0.337 e. The molecule has 0 aliphatic heterocycles. The van der Waals surface area contributed by atoms with E-state index < -0.39 is 51.2 Å². The lowest BCUT2D eigenvalue weighted by molar-refractivity contribution is -0.119. The number of carbonyl (C=O) groups is 1. The monoisotopic (exact) mass is 350 g/mol. The predicted octanol–water partition coefficient (Wildman–Crippen LogP) is 3.43. The summed E-state index contributed by atoms with van der Waals surface area (Å²) in [7, 11) is 0. The van der Waals surface area contributed by atoms with Crippen LogP contribution in [0.4, 0.5) is 22.0 Å². The molecule has 1 aromatic rings. The topological polar surface area (TPSA) is 52.9 Å². The number of halogens is 5. The van der Waals surface area contributed by atoms with Crippen LogP contribution < -0.4 is 5.32 Å². The molecule has 1 saturated carbocycles. The molecule has 0 saturated heterocycles. The summed E-state index contributed by atoms with van der Waals surface area (Å²) in [5, 5.41) is 11.6. The van der Waals surface area contributed by atoms with Gasteiger partial charge in [-0.3, -0.25) is 4.79 Å². The molecule has 2 rings (SSSR count). The van der Waals surface area contributed by atoms with Crippen LogP contribution in [0.1, 0.15) is 25.7 Å². The summed E-state index contributed by atoms with van der Waals surface area (Å²) in [4.78, 5) is 10.7. The Hall–Kier alpha value is -1.82. The fourth-order valence-corrected chi connectivity index (χ4v) is 3.18. The molecule has 124 valence electrons. The SMILES string of the molecule is N#CC1(NC(=O)CSc2c(F)c(F)c(F)c(F)c2F)CCCC1. The zero-order valence-corrected chi connectivity index (χ0v) is 12.5. The van der Waals surface area contributed by atoms with Gasteiger partial charge in [0.1, 0.15) is 5.54 Å². The van der Waals surface area contributed by atoms with Crippen molar-refractivity contribution in [2.45, 2.75) is 36.1 Å².